The molecule has 2 N–H and O–H groups in total. The van der Waals surface area contributed by atoms with Crippen LogP contribution in [-0.2, 0) is 4.79 Å². The number of imidazole rings is 1. The average molecular weight is 337 g/mol. The second-order valence-electron chi connectivity index (χ2n) is 5.58. The molecular weight excluding hydrogens is 320 g/mol. The number of fused-ring (bicyclic) bond motifs is 1. The largest absolute Gasteiger partial charge is 0.481 e. The predicted molar refractivity (Wildman–Crippen MR) is 80.7 cm³/mol. The van der Waals surface area contributed by atoms with Gasteiger partial charge in [-0.3, -0.25) is 4.79 Å². The van der Waals surface area contributed by atoms with Crippen molar-refractivity contribution in [1.29, 1.82) is 0 Å². The normalized spacial score (nSPS) is 26.2. The number of nitrogens with one attached hydrogen (secondary N) is 1. The van der Waals surface area contributed by atoms with Crippen molar-refractivity contribution in [2.45, 2.75) is 32.1 Å². The summed E-state index contributed by atoms with van der Waals surface area (Å²) in [5.74, 6) is 0.294. The summed E-state index contributed by atoms with van der Waals surface area (Å²) in [6.45, 7) is 2.13. The van der Waals surface area contributed by atoms with Gasteiger partial charge >= 0.3 is 5.97 Å². The Balaban J connectivity index is 1.98. The van der Waals surface area contributed by atoms with E-state index in [1.807, 2.05) is 18.2 Å². The minimum absolute atomic E-state index is 0.00336. The Morgan fingerprint density at radius 2 is 2.30 bits per heavy atom. The van der Waals surface area contributed by atoms with E-state index in [0.29, 0.717) is 5.92 Å². The van der Waals surface area contributed by atoms with Crippen LogP contribution in [0, 0.1) is 11.8 Å². The number of H-pyrrole nitrogens is 1. The summed E-state index contributed by atoms with van der Waals surface area (Å²) in [5, 5.41) is 9.43. The highest BCUT2D eigenvalue weighted by molar-refractivity contribution is 9.10. The third-order valence-electron chi connectivity index (χ3n) is 4.37. The molecule has 3 unspecified atom stereocenters. The van der Waals surface area contributed by atoms with Gasteiger partial charge in [0.25, 0.3) is 0 Å². The minimum Gasteiger partial charge on any atom is -0.481 e. The van der Waals surface area contributed by atoms with E-state index in [4.69, 9.17) is 0 Å². The van der Waals surface area contributed by atoms with E-state index >= 15 is 0 Å². The first kappa shape index (κ1) is 13.6. The lowest BCUT2D eigenvalue weighted by molar-refractivity contribution is -0.142. The Hall–Kier alpha value is -1.36. The van der Waals surface area contributed by atoms with Crippen LogP contribution in [0.5, 0.6) is 0 Å². The number of carboxylic acids is 1. The third-order valence-corrected chi connectivity index (χ3v) is 4.86. The first-order chi connectivity index (χ1) is 9.58. The standard InChI is InChI=1S/C15H17BrN2O2/c1-2-8-5-10(11(6-8)15(19)20)14-17-12-4-3-9(16)7-13(12)18-14/h3-4,7-8,10-11H,2,5-6H2,1H3,(H,17,18)(H,19,20). The Kier molecular flexibility index (Phi) is 3.54. The topological polar surface area (TPSA) is 66.0 Å². The molecule has 3 atom stereocenters. The molecule has 1 heterocycles. The van der Waals surface area contributed by atoms with E-state index in [1.165, 1.54) is 0 Å². The van der Waals surface area contributed by atoms with Crippen LogP contribution >= 0.6 is 15.9 Å². The zero-order valence-electron chi connectivity index (χ0n) is 11.3. The quantitative estimate of drug-likeness (QED) is 0.892. The molecule has 3 rings (SSSR count). The highest BCUT2D eigenvalue weighted by Crippen LogP contribution is 2.44. The SMILES string of the molecule is CCC1CC(C(=O)O)C(c2nc3ccc(Br)cc3[nH]2)C1. The van der Waals surface area contributed by atoms with E-state index < -0.39 is 5.97 Å². The van der Waals surface area contributed by atoms with Crippen molar-refractivity contribution in [3.8, 4) is 0 Å². The number of carbonyl (C=O) groups is 1. The Labute approximate surface area is 125 Å². The Morgan fingerprint density at radius 3 is 3.00 bits per heavy atom. The Bertz CT molecular complexity index is 652. The molecule has 5 heteroatoms. The molecule has 20 heavy (non-hydrogen) atoms. The van der Waals surface area contributed by atoms with Gasteiger partial charge in [-0.1, -0.05) is 29.3 Å². The molecule has 0 saturated heterocycles. The summed E-state index contributed by atoms with van der Waals surface area (Å²) in [6, 6.07) is 5.88. The van der Waals surface area contributed by atoms with Crippen molar-refractivity contribution in [3.05, 3.63) is 28.5 Å². The maximum atomic E-state index is 11.5. The fourth-order valence-corrected chi connectivity index (χ4v) is 3.59. The predicted octanol–water partition coefficient (Wildman–Crippen LogP) is 3.93. The average Bonchev–Trinajstić information content (AvgIpc) is 3.00. The molecule has 106 valence electrons. The maximum absolute atomic E-state index is 11.5. The van der Waals surface area contributed by atoms with Gasteiger partial charge in [-0.2, -0.15) is 0 Å². The van der Waals surface area contributed by atoms with Crippen molar-refractivity contribution >= 4 is 32.9 Å². The highest BCUT2D eigenvalue weighted by atomic mass is 79.9. The molecule has 1 aromatic carbocycles. The number of nitrogens with zero attached hydrogens (tertiary/aromatic N) is 1. The zero-order chi connectivity index (χ0) is 14.3. The van der Waals surface area contributed by atoms with E-state index in [9.17, 15) is 9.90 Å². The van der Waals surface area contributed by atoms with E-state index in [1.54, 1.807) is 0 Å². The molecule has 2 aromatic rings. The number of carboxylic acid groups (broad SMARTS) is 1. The van der Waals surface area contributed by atoms with E-state index in [2.05, 4.69) is 32.8 Å². The number of aromatic nitrogens is 2. The first-order valence-corrected chi connectivity index (χ1v) is 7.75. The fourth-order valence-electron chi connectivity index (χ4n) is 3.23. The highest BCUT2D eigenvalue weighted by Gasteiger charge is 2.40. The molecule has 0 radical (unpaired) electrons. The molecule has 1 saturated carbocycles. The summed E-state index contributed by atoms with van der Waals surface area (Å²) in [5.41, 5.74) is 1.85. The number of benzene rings is 1. The second-order valence-corrected chi connectivity index (χ2v) is 6.50. The monoisotopic (exact) mass is 336 g/mol. The van der Waals surface area contributed by atoms with Crippen molar-refractivity contribution in [3.63, 3.8) is 0 Å². The van der Waals surface area contributed by atoms with Crippen LogP contribution in [-0.4, -0.2) is 21.0 Å². The molecule has 1 aliphatic rings. The molecular formula is C15H17BrN2O2. The lowest BCUT2D eigenvalue weighted by atomic mass is 9.96. The van der Waals surface area contributed by atoms with Crippen LogP contribution in [0.2, 0.25) is 0 Å². The molecule has 0 bridgehead atoms. The second kappa shape index (κ2) is 5.20. The molecule has 1 aromatic heterocycles. The zero-order valence-corrected chi connectivity index (χ0v) is 12.9. The van der Waals surface area contributed by atoms with Gasteiger partial charge in [0.05, 0.1) is 17.0 Å². The van der Waals surface area contributed by atoms with E-state index in [0.717, 1.165) is 40.6 Å². The molecule has 1 fully saturated rings. The van der Waals surface area contributed by atoms with Crippen molar-refractivity contribution in [1.82, 2.24) is 9.97 Å². The maximum Gasteiger partial charge on any atom is 0.307 e. The number of aromatic amines is 1. The summed E-state index contributed by atoms with van der Waals surface area (Å²) < 4.78 is 0.993. The fraction of sp³-hybridized carbons (Fsp3) is 0.467. The van der Waals surface area contributed by atoms with Crippen LogP contribution < -0.4 is 0 Å². The van der Waals surface area contributed by atoms with Crippen molar-refractivity contribution in [2.24, 2.45) is 11.8 Å². The van der Waals surface area contributed by atoms with Crippen molar-refractivity contribution < 1.29 is 9.90 Å². The molecule has 4 nitrogen and oxygen atoms in total. The number of rotatable bonds is 3. The van der Waals surface area contributed by atoms with Gasteiger partial charge in [0.1, 0.15) is 5.82 Å². The number of hydrogen-bond acceptors (Lipinski definition) is 2. The molecule has 0 amide bonds. The van der Waals surface area contributed by atoms with Gasteiger partial charge in [-0.25, -0.2) is 4.98 Å². The first-order valence-electron chi connectivity index (χ1n) is 6.96. The molecule has 0 aliphatic heterocycles. The lowest BCUT2D eigenvalue weighted by Gasteiger charge is -2.12. The van der Waals surface area contributed by atoms with Gasteiger partial charge in [0.15, 0.2) is 0 Å². The summed E-state index contributed by atoms with van der Waals surface area (Å²) >= 11 is 3.44. The van der Waals surface area contributed by atoms with Gasteiger partial charge in [-0.15, -0.1) is 0 Å². The van der Waals surface area contributed by atoms with Crippen LogP contribution in [0.4, 0.5) is 0 Å². The van der Waals surface area contributed by atoms with Crippen LogP contribution in [0.25, 0.3) is 11.0 Å². The lowest BCUT2D eigenvalue weighted by Crippen LogP contribution is -2.17. The summed E-state index contributed by atoms with van der Waals surface area (Å²) in [7, 11) is 0. The number of hydrogen-bond donors (Lipinski definition) is 2. The minimum atomic E-state index is -0.701. The van der Waals surface area contributed by atoms with Crippen LogP contribution in [0.1, 0.15) is 37.9 Å². The number of aliphatic carboxylic acids is 1. The molecule has 1 aliphatic carbocycles. The van der Waals surface area contributed by atoms with Crippen LogP contribution in [0.15, 0.2) is 22.7 Å². The Morgan fingerprint density at radius 1 is 1.50 bits per heavy atom. The van der Waals surface area contributed by atoms with Gasteiger partial charge in [0, 0.05) is 10.4 Å². The van der Waals surface area contributed by atoms with Gasteiger partial charge < -0.3 is 10.1 Å². The van der Waals surface area contributed by atoms with Crippen molar-refractivity contribution in [2.75, 3.05) is 0 Å². The van der Waals surface area contributed by atoms with E-state index in [-0.39, 0.29) is 11.8 Å². The third kappa shape index (κ3) is 2.35. The smallest absolute Gasteiger partial charge is 0.307 e. The summed E-state index contributed by atoms with van der Waals surface area (Å²) in [6.07, 6.45) is 2.71. The van der Waals surface area contributed by atoms with Gasteiger partial charge in [-0.05, 0) is 37.0 Å². The number of halogens is 1. The van der Waals surface area contributed by atoms with Gasteiger partial charge in [0.2, 0.25) is 0 Å². The molecule has 0 spiro atoms. The summed E-state index contributed by atoms with van der Waals surface area (Å²) in [4.78, 5) is 19.4. The van der Waals surface area contributed by atoms with Crippen LogP contribution in [0.3, 0.4) is 0 Å².